The SMILES string of the molecule is CCCOc1ccc(-c2ccccc2)cc1C(N)CN. The molecule has 0 spiro atoms. The standard InChI is InChI=1S/C17H22N2O/c1-2-10-20-17-9-8-14(11-15(17)16(19)12-18)13-6-4-3-5-7-13/h3-9,11,16H,2,10,12,18-19H2,1H3. The molecule has 0 fully saturated rings. The van der Waals surface area contributed by atoms with E-state index in [0.717, 1.165) is 23.3 Å². The molecule has 1 atom stereocenters. The van der Waals surface area contributed by atoms with Gasteiger partial charge in [-0.15, -0.1) is 0 Å². The Bertz CT molecular complexity index is 540. The van der Waals surface area contributed by atoms with Crippen LogP contribution in [0.25, 0.3) is 11.1 Å². The number of ether oxygens (including phenoxy) is 1. The van der Waals surface area contributed by atoms with Gasteiger partial charge >= 0.3 is 0 Å². The van der Waals surface area contributed by atoms with E-state index in [1.54, 1.807) is 0 Å². The summed E-state index contributed by atoms with van der Waals surface area (Å²) >= 11 is 0. The van der Waals surface area contributed by atoms with Crippen LogP contribution in [0, 0.1) is 0 Å². The Morgan fingerprint density at radius 2 is 1.80 bits per heavy atom. The van der Waals surface area contributed by atoms with E-state index < -0.39 is 0 Å². The van der Waals surface area contributed by atoms with Crippen molar-refractivity contribution >= 4 is 0 Å². The van der Waals surface area contributed by atoms with Gasteiger partial charge in [-0.1, -0.05) is 43.3 Å². The van der Waals surface area contributed by atoms with Gasteiger partial charge in [0.1, 0.15) is 5.75 Å². The quantitative estimate of drug-likeness (QED) is 0.848. The lowest BCUT2D eigenvalue weighted by Crippen LogP contribution is -2.21. The van der Waals surface area contributed by atoms with Gasteiger partial charge in [-0.2, -0.15) is 0 Å². The maximum Gasteiger partial charge on any atom is 0.124 e. The highest BCUT2D eigenvalue weighted by Gasteiger charge is 2.12. The normalized spacial score (nSPS) is 12.2. The van der Waals surface area contributed by atoms with Gasteiger partial charge < -0.3 is 16.2 Å². The van der Waals surface area contributed by atoms with Gasteiger partial charge in [-0.3, -0.25) is 0 Å². The summed E-state index contributed by atoms with van der Waals surface area (Å²) in [5.74, 6) is 0.837. The maximum atomic E-state index is 6.11. The number of benzene rings is 2. The molecule has 0 aromatic heterocycles. The maximum absolute atomic E-state index is 6.11. The van der Waals surface area contributed by atoms with Crippen LogP contribution in [-0.4, -0.2) is 13.2 Å². The largest absolute Gasteiger partial charge is 0.493 e. The van der Waals surface area contributed by atoms with Crippen LogP contribution in [0.3, 0.4) is 0 Å². The molecule has 4 N–H and O–H groups in total. The fourth-order valence-electron chi connectivity index (χ4n) is 2.12. The lowest BCUT2D eigenvalue weighted by atomic mass is 9.99. The predicted octanol–water partition coefficient (Wildman–Crippen LogP) is 3.10. The molecule has 0 aliphatic rings. The second-order valence-corrected chi connectivity index (χ2v) is 4.81. The molecule has 0 radical (unpaired) electrons. The first-order chi connectivity index (χ1) is 9.76. The van der Waals surface area contributed by atoms with Crippen LogP contribution in [-0.2, 0) is 0 Å². The fourth-order valence-corrected chi connectivity index (χ4v) is 2.12. The Morgan fingerprint density at radius 3 is 2.45 bits per heavy atom. The number of hydrogen-bond donors (Lipinski definition) is 2. The number of hydrogen-bond acceptors (Lipinski definition) is 3. The molecule has 3 heteroatoms. The van der Waals surface area contributed by atoms with Gasteiger partial charge in [0, 0.05) is 18.2 Å². The molecule has 0 aliphatic heterocycles. The van der Waals surface area contributed by atoms with E-state index in [-0.39, 0.29) is 6.04 Å². The minimum atomic E-state index is -0.203. The highest BCUT2D eigenvalue weighted by Crippen LogP contribution is 2.30. The van der Waals surface area contributed by atoms with Crippen LogP contribution in [0.1, 0.15) is 24.9 Å². The van der Waals surface area contributed by atoms with Gasteiger partial charge in [0.25, 0.3) is 0 Å². The fraction of sp³-hybridized carbons (Fsp3) is 0.294. The summed E-state index contributed by atoms with van der Waals surface area (Å²) in [7, 11) is 0. The van der Waals surface area contributed by atoms with Crippen molar-refractivity contribution in [3.63, 3.8) is 0 Å². The third-order valence-electron chi connectivity index (χ3n) is 3.23. The average Bonchev–Trinajstić information content (AvgIpc) is 2.53. The molecule has 0 aliphatic carbocycles. The van der Waals surface area contributed by atoms with Crippen LogP contribution in [0.2, 0.25) is 0 Å². The van der Waals surface area contributed by atoms with Crippen molar-refractivity contribution in [1.29, 1.82) is 0 Å². The molecule has 2 rings (SSSR count). The van der Waals surface area contributed by atoms with E-state index in [9.17, 15) is 0 Å². The van der Waals surface area contributed by atoms with Crippen LogP contribution in [0.4, 0.5) is 0 Å². The van der Waals surface area contributed by atoms with E-state index in [2.05, 4.69) is 31.2 Å². The summed E-state index contributed by atoms with van der Waals surface area (Å²) in [6.45, 7) is 3.18. The molecule has 0 heterocycles. The van der Waals surface area contributed by atoms with Crippen LogP contribution in [0.5, 0.6) is 5.75 Å². The molecule has 0 amide bonds. The van der Waals surface area contributed by atoms with E-state index >= 15 is 0 Å². The number of nitrogens with two attached hydrogens (primary N) is 2. The van der Waals surface area contributed by atoms with Gasteiger partial charge in [0.2, 0.25) is 0 Å². The van der Waals surface area contributed by atoms with Crippen molar-refractivity contribution in [2.24, 2.45) is 11.5 Å². The van der Waals surface area contributed by atoms with E-state index in [1.165, 1.54) is 5.56 Å². The first kappa shape index (κ1) is 14.6. The van der Waals surface area contributed by atoms with E-state index in [4.69, 9.17) is 16.2 Å². The monoisotopic (exact) mass is 270 g/mol. The Morgan fingerprint density at radius 1 is 1.05 bits per heavy atom. The van der Waals surface area contributed by atoms with E-state index in [1.807, 2.05) is 24.3 Å². The Kier molecular flexibility index (Phi) is 5.16. The highest BCUT2D eigenvalue weighted by atomic mass is 16.5. The zero-order valence-corrected chi connectivity index (χ0v) is 11.9. The van der Waals surface area contributed by atoms with E-state index in [0.29, 0.717) is 13.2 Å². The molecule has 0 saturated carbocycles. The van der Waals surface area contributed by atoms with Crippen molar-refractivity contribution in [2.75, 3.05) is 13.2 Å². The summed E-state index contributed by atoms with van der Waals surface area (Å²) in [5, 5.41) is 0. The summed E-state index contributed by atoms with van der Waals surface area (Å²) in [4.78, 5) is 0. The third-order valence-corrected chi connectivity index (χ3v) is 3.23. The van der Waals surface area contributed by atoms with Gasteiger partial charge in [-0.05, 0) is 29.7 Å². The molecule has 1 unspecified atom stereocenters. The highest BCUT2D eigenvalue weighted by molar-refractivity contribution is 5.66. The molecule has 20 heavy (non-hydrogen) atoms. The topological polar surface area (TPSA) is 61.3 Å². The molecule has 0 saturated heterocycles. The van der Waals surface area contributed by atoms with Gasteiger partial charge in [0.15, 0.2) is 0 Å². The summed E-state index contributed by atoms with van der Waals surface area (Å²) in [6, 6.07) is 16.2. The molecule has 2 aromatic carbocycles. The molecular weight excluding hydrogens is 248 g/mol. The molecule has 0 bridgehead atoms. The van der Waals surface area contributed by atoms with Gasteiger partial charge in [-0.25, -0.2) is 0 Å². The van der Waals surface area contributed by atoms with Crippen LogP contribution in [0.15, 0.2) is 48.5 Å². The predicted molar refractivity (Wildman–Crippen MR) is 83.6 cm³/mol. The minimum absolute atomic E-state index is 0.203. The minimum Gasteiger partial charge on any atom is -0.493 e. The lowest BCUT2D eigenvalue weighted by molar-refractivity contribution is 0.312. The molecular formula is C17H22N2O. The average molecular weight is 270 g/mol. The third kappa shape index (κ3) is 3.38. The van der Waals surface area contributed by atoms with Crippen LogP contribution >= 0.6 is 0 Å². The summed E-state index contributed by atoms with van der Waals surface area (Å²) in [6.07, 6.45) is 0.970. The first-order valence-corrected chi connectivity index (χ1v) is 7.04. The molecule has 106 valence electrons. The summed E-state index contributed by atoms with van der Waals surface area (Å²) < 4.78 is 5.76. The van der Waals surface area contributed by atoms with Crippen molar-refractivity contribution in [1.82, 2.24) is 0 Å². The van der Waals surface area contributed by atoms with Crippen molar-refractivity contribution < 1.29 is 4.74 Å². The Balaban J connectivity index is 2.38. The van der Waals surface area contributed by atoms with Crippen LogP contribution < -0.4 is 16.2 Å². The zero-order valence-electron chi connectivity index (χ0n) is 11.9. The molecule has 3 nitrogen and oxygen atoms in total. The Labute approximate surface area is 120 Å². The van der Waals surface area contributed by atoms with Crippen molar-refractivity contribution in [3.8, 4) is 16.9 Å². The zero-order chi connectivity index (χ0) is 14.4. The smallest absolute Gasteiger partial charge is 0.124 e. The summed E-state index contributed by atoms with van der Waals surface area (Å²) in [5.41, 5.74) is 15.1. The Hall–Kier alpha value is -1.84. The second-order valence-electron chi connectivity index (χ2n) is 4.81. The number of rotatable bonds is 6. The molecule has 2 aromatic rings. The van der Waals surface area contributed by atoms with Crippen molar-refractivity contribution in [3.05, 3.63) is 54.1 Å². The lowest BCUT2D eigenvalue weighted by Gasteiger charge is -2.17. The first-order valence-electron chi connectivity index (χ1n) is 7.04. The van der Waals surface area contributed by atoms with Crippen molar-refractivity contribution in [2.45, 2.75) is 19.4 Å². The second kappa shape index (κ2) is 7.08. The van der Waals surface area contributed by atoms with Gasteiger partial charge in [0.05, 0.1) is 6.61 Å².